The smallest absolute Gasteiger partial charge is 0.373 e. The molecule has 2 N–H and O–H groups in total. The number of aliphatic hydroxyl groups is 1. The Morgan fingerprint density at radius 1 is 0.958 bits per heavy atom. The molecular formula is C17H14F3NO3. The maximum atomic E-state index is 12.7. The summed E-state index contributed by atoms with van der Waals surface area (Å²) >= 11 is 0. The molecule has 1 amide bonds. The Hall–Kier alpha value is -2.67. The number of nitrogens with one attached hydrogen (secondary N) is 1. The van der Waals surface area contributed by atoms with Gasteiger partial charge in [0.2, 0.25) is 5.60 Å². The predicted molar refractivity (Wildman–Crippen MR) is 81.6 cm³/mol. The topological polar surface area (TPSA) is 66.4 Å². The second-order valence-corrected chi connectivity index (χ2v) is 5.30. The summed E-state index contributed by atoms with van der Waals surface area (Å²) in [5, 5.41) is 11.3. The van der Waals surface area contributed by atoms with Crippen LogP contribution in [-0.2, 0) is 4.79 Å². The number of benzene rings is 2. The van der Waals surface area contributed by atoms with Crippen LogP contribution in [0.1, 0.15) is 22.8 Å². The lowest BCUT2D eigenvalue weighted by Crippen LogP contribution is -2.52. The third kappa shape index (κ3) is 3.62. The lowest BCUT2D eigenvalue weighted by atomic mass is 10.0. The summed E-state index contributed by atoms with van der Waals surface area (Å²) in [5.74, 6) is -1.96. The van der Waals surface area contributed by atoms with Gasteiger partial charge in [-0.25, -0.2) is 0 Å². The van der Waals surface area contributed by atoms with Crippen molar-refractivity contribution in [1.29, 1.82) is 0 Å². The zero-order chi connectivity index (χ0) is 18.0. The van der Waals surface area contributed by atoms with E-state index in [1.54, 1.807) is 30.3 Å². The quantitative estimate of drug-likeness (QED) is 0.842. The van der Waals surface area contributed by atoms with Crippen LogP contribution in [0.25, 0.3) is 0 Å². The first-order valence-corrected chi connectivity index (χ1v) is 6.93. The molecule has 0 unspecified atom stereocenters. The minimum atomic E-state index is -5.12. The molecule has 1 atom stereocenters. The molecule has 0 spiro atoms. The van der Waals surface area contributed by atoms with Gasteiger partial charge in [-0.15, -0.1) is 0 Å². The summed E-state index contributed by atoms with van der Waals surface area (Å²) < 4.78 is 38.0. The van der Waals surface area contributed by atoms with Gasteiger partial charge in [-0.2, -0.15) is 13.2 Å². The van der Waals surface area contributed by atoms with Crippen LogP contribution in [0.2, 0.25) is 0 Å². The number of carbonyl (C=O) groups is 2. The van der Waals surface area contributed by atoms with Crippen molar-refractivity contribution in [2.75, 3.05) is 5.32 Å². The van der Waals surface area contributed by atoms with Gasteiger partial charge in [-0.1, -0.05) is 42.5 Å². The third-order valence-electron chi connectivity index (χ3n) is 3.41. The van der Waals surface area contributed by atoms with Gasteiger partial charge in [0.25, 0.3) is 5.91 Å². The second kappa shape index (κ2) is 6.45. The molecule has 7 heteroatoms. The molecule has 2 rings (SSSR count). The summed E-state index contributed by atoms with van der Waals surface area (Å²) in [6.45, 7) is 0.362. The number of carbonyl (C=O) groups excluding carboxylic acids is 2. The SMILES string of the molecule is C[C@@](O)(C(=O)Nc1cccc(C(=O)c2ccccc2)c1)C(F)(F)F. The van der Waals surface area contributed by atoms with Crippen molar-refractivity contribution in [1.82, 2.24) is 0 Å². The number of rotatable bonds is 4. The Bertz CT molecular complexity index is 755. The molecule has 0 aliphatic heterocycles. The Balaban J connectivity index is 2.23. The summed E-state index contributed by atoms with van der Waals surface area (Å²) in [7, 11) is 0. The lowest BCUT2D eigenvalue weighted by molar-refractivity contribution is -0.242. The minimum Gasteiger partial charge on any atom is -0.373 e. The van der Waals surface area contributed by atoms with Crippen LogP contribution in [-0.4, -0.2) is 28.6 Å². The molecule has 2 aromatic carbocycles. The van der Waals surface area contributed by atoms with E-state index in [-0.39, 0.29) is 17.0 Å². The van der Waals surface area contributed by atoms with Crippen molar-refractivity contribution < 1.29 is 27.9 Å². The molecular weight excluding hydrogens is 323 g/mol. The second-order valence-electron chi connectivity index (χ2n) is 5.30. The van der Waals surface area contributed by atoms with Crippen LogP contribution in [0.4, 0.5) is 18.9 Å². The van der Waals surface area contributed by atoms with Gasteiger partial charge in [0, 0.05) is 16.8 Å². The van der Waals surface area contributed by atoms with E-state index in [1.165, 1.54) is 24.3 Å². The molecule has 0 fully saturated rings. The van der Waals surface area contributed by atoms with Crippen molar-refractivity contribution in [2.24, 2.45) is 0 Å². The highest BCUT2D eigenvalue weighted by Gasteiger charge is 2.55. The van der Waals surface area contributed by atoms with Crippen molar-refractivity contribution in [3.8, 4) is 0 Å². The number of anilines is 1. The molecule has 0 bridgehead atoms. The van der Waals surface area contributed by atoms with E-state index in [0.29, 0.717) is 12.5 Å². The predicted octanol–water partition coefficient (Wildman–Crippen LogP) is 3.17. The Morgan fingerprint density at radius 2 is 1.54 bits per heavy atom. The van der Waals surface area contributed by atoms with Crippen LogP contribution in [0, 0.1) is 0 Å². The van der Waals surface area contributed by atoms with Gasteiger partial charge in [-0.05, 0) is 19.1 Å². The normalized spacial score (nSPS) is 13.9. The molecule has 126 valence electrons. The number of alkyl halides is 3. The zero-order valence-corrected chi connectivity index (χ0v) is 12.6. The maximum absolute atomic E-state index is 12.7. The van der Waals surface area contributed by atoms with Gasteiger partial charge < -0.3 is 10.4 Å². The number of hydrogen-bond donors (Lipinski definition) is 2. The summed E-state index contributed by atoms with van der Waals surface area (Å²) in [6.07, 6.45) is -5.12. The Kier molecular flexibility index (Phi) is 4.75. The molecule has 0 aliphatic carbocycles. The van der Waals surface area contributed by atoms with E-state index in [4.69, 9.17) is 0 Å². The van der Waals surface area contributed by atoms with E-state index in [1.807, 2.05) is 5.32 Å². The highest BCUT2D eigenvalue weighted by molar-refractivity contribution is 6.09. The van der Waals surface area contributed by atoms with Crippen LogP contribution in [0.15, 0.2) is 54.6 Å². The van der Waals surface area contributed by atoms with Gasteiger partial charge in [0.1, 0.15) is 0 Å². The van der Waals surface area contributed by atoms with Crippen molar-refractivity contribution in [3.05, 3.63) is 65.7 Å². The monoisotopic (exact) mass is 337 g/mol. The Morgan fingerprint density at radius 3 is 2.12 bits per heavy atom. The molecule has 2 aromatic rings. The Labute approximate surface area is 135 Å². The van der Waals surface area contributed by atoms with E-state index in [2.05, 4.69) is 0 Å². The summed E-state index contributed by atoms with van der Waals surface area (Å²) in [5.41, 5.74) is -2.95. The van der Waals surface area contributed by atoms with Crippen molar-refractivity contribution >= 4 is 17.4 Å². The minimum absolute atomic E-state index is 0.0219. The first-order valence-electron chi connectivity index (χ1n) is 6.93. The van der Waals surface area contributed by atoms with Gasteiger partial charge in [-0.3, -0.25) is 9.59 Å². The largest absolute Gasteiger partial charge is 0.426 e. The molecule has 0 saturated heterocycles. The van der Waals surface area contributed by atoms with E-state index >= 15 is 0 Å². The molecule has 24 heavy (non-hydrogen) atoms. The average molecular weight is 337 g/mol. The third-order valence-corrected chi connectivity index (χ3v) is 3.41. The number of ketones is 1. The van der Waals surface area contributed by atoms with Crippen LogP contribution < -0.4 is 5.32 Å². The number of halogens is 3. The number of amides is 1. The van der Waals surface area contributed by atoms with Crippen molar-refractivity contribution in [3.63, 3.8) is 0 Å². The van der Waals surface area contributed by atoms with Crippen LogP contribution >= 0.6 is 0 Å². The van der Waals surface area contributed by atoms with Crippen LogP contribution in [0.3, 0.4) is 0 Å². The molecule has 0 radical (unpaired) electrons. The lowest BCUT2D eigenvalue weighted by Gasteiger charge is -2.24. The summed E-state index contributed by atoms with van der Waals surface area (Å²) in [4.78, 5) is 24.0. The van der Waals surface area contributed by atoms with E-state index in [9.17, 15) is 27.9 Å². The standard InChI is InChI=1S/C17H14F3NO3/c1-16(24,17(18,19)20)15(23)21-13-9-5-8-12(10-13)14(22)11-6-3-2-4-7-11/h2-10,24H,1H3,(H,21,23)/t16-/m1/s1. The first-order chi connectivity index (χ1) is 11.1. The first kappa shape index (κ1) is 17.7. The fourth-order valence-corrected chi connectivity index (χ4v) is 1.88. The maximum Gasteiger partial charge on any atom is 0.426 e. The van der Waals surface area contributed by atoms with Crippen molar-refractivity contribution in [2.45, 2.75) is 18.7 Å². The van der Waals surface area contributed by atoms with Crippen LogP contribution in [0.5, 0.6) is 0 Å². The fourth-order valence-electron chi connectivity index (χ4n) is 1.88. The zero-order valence-electron chi connectivity index (χ0n) is 12.6. The average Bonchev–Trinajstić information content (AvgIpc) is 2.54. The van der Waals surface area contributed by atoms with Gasteiger partial charge in [0.05, 0.1) is 0 Å². The van der Waals surface area contributed by atoms with E-state index in [0.717, 1.165) is 0 Å². The number of hydrogen-bond acceptors (Lipinski definition) is 3. The molecule has 0 aromatic heterocycles. The van der Waals surface area contributed by atoms with Gasteiger partial charge in [0.15, 0.2) is 5.78 Å². The van der Waals surface area contributed by atoms with E-state index < -0.39 is 17.7 Å². The summed E-state index contributed by atoms with van der Waals surface area (Å²) in [6, 6.07) is 13.8. The molecule has 0 heterocycles. The highest BCUT2D eigenvalue weighted by Crippen LogP contribution is 2.31. The van der Waals surface area contributed by atoms with Gasteiger partial charge >= 0.3 is 6.18 Å². The highest BCUT2D eigenvalue weighted by atomic mass is 19.4. The molecule has 4 nitrogen and oxygen atoms in total. The molecule has 0 saturated carbocycles. The fraction of sp³-hybridized carbons (Fsp3) is 0.176. The molecule has 0 aliphatic rings.